The van der Waals surface area contributed by atoms with E-state index in [1.165, 1.54) is 16.2 Å². The molecule has 90 valence electrons. The molecule has 0 aliphatic carbocycles. The number of aromatic nitrogens is 2. The second-order valence-corrected chi connectivity index (χ2v) is 4.15. The minimum Gasteiger partial charge on any atom is -0.395 e. The van der Waals surface area contributed by atoms with E-state index in [0.717, 1.165) is 11.4 Å². The molecule has 0 aliphatic rings. The maximum absolute atomic E-state index is 11.7. The van der Waals surface area contributed by atoms with Crippen molar-refractivity contribution in [2.45, 2.75) is 20.3 Å². The number of anilines is 1. The lowest BCUT2D eigenvalue weighted by Gasteiger charge is -2.18. The van der Waals surface area contributed by atoms with Crippen LogP contribution in [0.25, 0.3) is 0 Å². The summed E-state index contributed by atoms with van der Waals surface area (Å²) in [4.78, 5) is 13.2. The Bertz CT molecular complexity index is 342. The summed E-state index contributed by atoms with van der Waals surface area (Å²) in [5.41, 5.74) is 0. The number of hydrogen-bond acceptors (Lipinski definition) is 5. The second-order valence-electron chi connectivity index (χ2n) is 3.09. The average Bonchev–Trinajstić information content (AvgIpc) is 2.73. The fraction of sp³-hybridized carbons (Fsp3) is 0.667. The molecule has 0 bridgehead atoms. The average molecular weight is 244 g/mol. The lowest BCUT2D eigenvalue weighted by atomic mass is 10.5. The van der Waals surface area contributed by atoms with E-state index in [4.69, 9.17) is 5.11 Å². The number of amides is 2. The molecule has 16 heavy (non-hydrogen) atoms. The van der Waals surface area contributed by atoms with Gasteiger partial charge in [-0.05, 0) is 13.3 Å². The van der Waals surface area contributed by atoms with Gasteiger partial charge < -0.3 is 10.0 Å². The molecule has 6 nitrogen and oxygen atoms in total. The molecule has 0 saturated heterocycles. The summed E-state index contributed by atoms with van der Waals surface area (Å²) in [5, 5.41) is 20.6. The highest BCUT2D eigenvalue weighted by Gasteiger charge is 2.13. The van der Waals surface area contributed by atoms with E-state index in [-0.39, 0.29) is 12.6 Å². The van der Waals surface area contributed by atoms with Crippen molar-refractivity contribution in [1.29, 1.82) is 0 Å². The fourth-order valence-electron chi connectivity index (χ4n) is 1.14. The molecule has 0 aliphatic heterocycles. The number of rotatable bonds is 5. The van der Waals surface area contributed by atoms with Gasteiger partial charge in [0.15, 0.2) is 0 Å². The third-order valence-corrected chi connectivity index (χ3v) is 3.01. The van der Waals surface area contributed by atoms with E-state index in [1.54, 1.807) is 0 Å². The molecular formula is C9H16N4O2S. The van der Waals surface area contributed by atoms with Gasteiger partial charge in [0.05, 0.1) is 6.61 Å². The summed E-state index contributed by atoms with van der Waals surface area (Å²) in [6.45, 7) is 4.66. The second kappa shape index (κ2) is 6.39. The van der Waals surface area contributed by atoms with Crippen LogP contribution in [0.3, 0.4) is 0 Å². The summed E-state index contributed by atoms with van der Waals surface area (Å²) in [7, 11) is 0. The maximum atomic E-state index is 11.7. The standard InChI is InChI=1S/C9H16N4O2S/c1-3-7-11-12-8(16-7)10-9(15)13(4-2)5-6-14/h14H,3-6H2,1-2H3,(H,10,12,15). The molecule has 7 heteroatoms. The van der Waals surface area contributed by atoms with Crippen molar-refractivity contribution in [3.63, 3.8) is 0 Å². The molecule has 0 saturated carbocycles. The van der Waals surface area contributed by atoms with Crippen LogP contribution >= 0.6 is 11.3 Å². The molecule has 2 amide bonds. The number of urea groups is 1. The van der Waals surface area contributed by atoms with Gasteiger partial charge in [-0.1, -0.05) is 18.3 Å². The molecule has 1 rings (SSSR count). The summed E-state index contributed by atoms with van der Waals surface area (Å²) in [5.74, 6) is 0. The van der Waals surface area contributed by atoms with Crippen molar-refractivity contribution in [1.82, 2.24) is 15.1 Å². The Morgan fingerprint density at radius 3 is 2.75 bits per heavy atom. The monoisotopic (exact) mass is 244 g/mol. The van der Waals surface area contributed by atoms with Crippen LogP contribution in [0.5, 0.6) is 0 Å². The highest BCUT2D eigenvalue weighted by atomic mass is 32.1. The number of carbonyl (C=O) groups excluding carboxylic acids is 1. The SMILES string of the molecule is CCc1nnc(NC(=O)N(CC)CCO)s1. The minimum atomic E-state index is -0.254. The molecule has 0 aromatic carbocycles. The maximum Gasteiger partial charge on any atom is 0.323 e. The zero-order chi connectivity index (χ0) is 12.0. The van der Waals surface area contributed by atoms with Crippen LogP contribution in [-0.4, -0.2) is 45.9 Å². The van der Waals surface area contributed by atoms with E-state index < -0.39 is 0 Å². The lowest BCUT2D eigenvalue weighted by Crippen LogP contribution is -2.36. The van der Waals surface area contributed by atoms with Crippen LogP contribution in [0.15, 0.2) is 0 Å². The minimum absolute atomic E-state index is 0.0441. The smallest absolute Gasteiger partial charge is 0.323 e. The van der Waals surface area contributed by atoms with Gasteiger partial charge in [-0.3, -0.25) is 5.32 Å². The van der Waals surface area contributed by atoms with Crippen LogP contribution in [-0.2, 0) is 6.42 Å². The topological polar surface area (TPSA) is 78.4 Å². The molecule has 0 spiro atoms. The molecular weight excluding hydrogens is 228 g/mol. The molecule has 0 radical (unpaired) electrons. The van der Waals surface area contributed by atoms with Crippen molar-refractivity contribution in [2.75, 3.05) is 25.0 Å². The van der Waals surface area contributed by atoms with Crippen molar-refractivity contribution in [2.24, 2.45) is 0 Å². The van der Waals surface area contributed by atoms with E-state index in [9.17, 15) is 4.79 Å². The summed E-state index contributed by atoms with van der Waals surface area (Å²) in [6.07, 6.45) is 0.807. The van der Waals surface area contributed by atoms with Gasteiger partial charge in [-0.25, -0.2) is 4.79 Å². The van der Waals surface area contributed by atoms with Gasteiger partial charge in [-0.2, -0.15) is 0 Å². The first-order valence-electron chi connectivity index (χ1n) is 5.20. The van der Waals surface area contributed by atoms with E-state index >= 15 is 0 Å². The third-order valence-electron chi connectivity index (χ3n) is 2.02. The first-order valence-corrected chi connectivity index (χ1v) is 6.02. The summed E-state index contributed by atoms with van der Waals surface area (Å²) in [6, 6.07) is -0.254. The predicted octanol–water partition coefficient (Wildman–Crippen LogP) is 0.947. The molecule has 1 aromatic heterocycles. The Morgan fingerprint density at radius 2 is 2.25 bits per heavy atom. The van der Waals surface area contributed by atoms with Crippen molar-refractivity contribution < 1.29 is 9.90 Å². The van der Waals surface area contributed by atoms with Crippen molar-refractivity contribution in [3.05, 3.63) is 5.01 Å². The summed E-state index contributed by atoms with van der Waals surface area (Å²) < 4.78 is 0. The Hall–Kier alpha value is -1.21. The van der Waals surface area contributed by atoms with E-state index in [0.29, 0.717) is 18.2 Å². The zero-order valence-corrected chi connectivity index (χ0v) is 10.3. The van der Waals surface area contributed by atoms with E-state index in [2.05, 4.69) is 15.5 Å². The Labute approximate surface area is 98.3 Å². The normalized spacial score (nSPS) is 10.2. The van der Waals surface area contributed by atoms with Crippen LogP contribution in [0.2, 0.25) is 0 Å². The van der Waals surface area contributed by atoms with Crippen LogP contribution < -0.4 is 5.32 Å². The van der Waals surface area contributed by atoms with Gasteiger partial charge in [0, 0.05) is 13.1 Å². The van der Waals surface area contributed by atoms with Crippen LogP contribution in [0.1, 0.15) is 18.9 Å². The number of nitrogens with zero attached hydrogens (tertiary/aromatic N) is 3. The number of carbonyl (C=O) groups is 1. The number of aliphatic hydroxyl groups is 1. The molecule has 2 N–H and O–H groups in total. The first-order chi connectivity index (χ1) is 7.71. The van der Waals surface area contributed by atoms with Gasteiger partial charge >= 0.3 is 6.03 Å². The van der Waals surface area contributed by atoms with Crippen molar-refractivity contribution >= 4 is 22.5 Å². The lowest BCUT2D eigenvalue weighted by molar-refractivity contribution is 0.192. The number of aliphatic hydroxyl groups excluding tert-OH is 1. The van der Waals surface area contributed by atoms with Gasteiger partial charge in [0.1, 0.15) is 5.01 Å². The molecule has 1 aromatic rings. The molecule has 0 atom stereocenters. The zero-order valence-electron chi connectivity index (χ0n) is 9.43. The quantitative estimate of drug-likeness (QED) is 0.808. The Morgan fingerprint density at radius 1 is 1.50 bits per heavy atom. The van der Waals surface area contributed by atoms with Crippen molar-refractivity contribution in [3.8, 4) is 0 Å². The van der Waals surface area contributed by atoms with Gasteiger partial charge in [0.2, 0.25) is 5.13 Å². The largest absolute Gasteiger partial charge is 0.395 e. The fourth-order valence-corrected chi connectivity index (χ4v) is 1.81. The molecule has 0 unspecified atom stereocenters. The highest BCUT2D eigenvalue weighted by Crippen LogP contribution is 2.15. The first kappa shape index (κ1) is 12.9. The third kappa shape index (κ3) is 3.42. The predicted molar refractivity (Wildman–Crippen MR) is 62.6 cm³/mol. The molecule has 1 heterocycles. The van der Waals surface area contributed by atoms with Crippen LogP contribution in [0, 0.1) is 0 Å². The number of aryl methyl sites for hydroxylation is 1. The van der Waals surface area contributed by atoms with E-state index in [1.807, 2.05) is 13.8 Å². The number of likely N-dealkylation sites (N-methyl/N-ethyl adjacent to an activating group) is 1. The van der Waals surface area contributed by atoms with Gasteiger partial charge in [0.25, 0.3) is 0 Å². The molecule has 0 fully saturated rings. The van der Waals surface area contributed by atoms with Crippen LogP contribution in [0.4, 0.5) is 9.93 Å². The number of nitrogens with one attached hydrogen (secondary N) is 1. The Balaban J connectivity index is 2.55. The summed E-state index contributed by atoms with van der Waals surface area (Å²) >= 11 is 1.36. The number of hydrogen-bond donors (Lipinski definition) is 2. The highest BCUT2D eigenvalue weighted by molar-refractivity contribution is 7.15. The van der Waals surface area contributed by atoms with Gasteiger partial charge in [-0.15, -0.1) is 10.2 Å². The Kier molecular flexibility index (Phi) is 5.13.